The summed E-state index contributed by atoms with van der Waals surface area (Å²) in [5, 5.41) is 29.4. The van der Waals surface area contributed by atoms with Crippen LogP contribution in [0, 0.1) is 10.1 Å². The van der Waals surface area contributed by atoms with E-state index in [1.807, 2.05) is 0 Å². The van der Waals surface area contributed by atoms with Gasteiger partial charge in [-0.3, -0.25) is 10.1 Å². The van der Waals surface area contributed by atoms with Crippen LogP contribution >= 0.6 is 0 Å². The van der Waals surface area contributed by atoms with E-state index in [2.05, 4.69) is 0 Å². The lowest BCUT2D eigenvalue weighted by atomic mass is 10.1. The number of aliphatic hydroxyl groups excluding tert-OH is 2. The van der Waals surface area contributed by atoms with Gasteiger partial charge in [-0.05, 0) is 24.1 Å². The normalized spacial score (nSPS) is 21.9. The molecule has 1 amide bonds. The number of hydrogen-bond donors (Lipinski definition) is 2. The number of amides is 1. The molecule has 8 heteroatoms. The van der Waals surface area contributed by atoms with Gasteiger partial charge >= 0.3 is 6.09 Å². The summed E-state index contributed by atoms with van der Waals surface area (Å²) in [5.41, 5.74) is 0.602. The summed E-state index contributed by atoms with van der Waals surface area (Å²) < 4.78 is 5.08. The van der Waals surface area contributed by atoms with Gasteiger partial charge in [-0.15, -0.1) is 0 Å². The van der Waals surface area contributed by atoms with E-state index < -0.39 is 23.2 Å². The Balaban J connectivity index is 1.85. The van der Waals surface area contributed by atoms with E-state index in [0.717, 1.165) is 0 Å². The number of likely N-dealkylation sites (tertiary alicyclic amines) is 1. The van der Waals surface area contributed by atoms with Crippen molar-refractivity contribution in [2.45, 2.75) is 25.2 Å². The number of hydrogen-bond acceptors (Lipinski definition) is 6. The van der Waals surface area contributed by atoms with Crippen LogP contribution in [0.25, 0.3) is 0 Å². The van der Waals surface area contributed by atoms with Gasteiger partial charge < -0.3 is 19.8 Å². The van der Waals surface area contributed by atoms with Crippen LogP contribution in [0.2, 0.25) is 0 Å². The molecule has 1 aliphatic heterocycles. The Bertz CT molecular complexity index is 518. The Morgan fingerprint density at radius 3 is 2.57 bits per heavy atom. The molecule has 21 heavy (non-hydrogen) atoms. The molecule has 0 saturated carbocycles. The van der Waals surface area contributed by atoms with Crippen molar-refractivity contribution in [3.63, 3.8) is 0 Å². The summed E-state index contributed by atoms with van der Waals surface area (Å²) >= 11 is 0. The highest BCUT2D eigenvalue weighted by Crippen LogP contribution is 2.15. The second kappa shape index (κ2) is 6.51. The minimum absolute atomic E-state index is 0.00796. The Morgan fingerprint density at radius 1 is 1.33 bits per heavy atom. The van der Waals surface area contributed by atoms with Crippen LogP contribution in [0.15, 0.2) is 24.3 Å². The fourth-order valence-corrected chi connectivity index (χ4v) is 2.04. The topological polar surface area (TPSA) is 113 Å². The number of benzene rings is 1. The number of nitro groups is 1. The van der Waals surface area contributed by atoms with Gasteiger partial charge in [0.25, 0.3) is 5.69 Å². The van der Waals surface area contributed by atoms with Crippen LogP contribution in [-0.2, 0) is 11.3 Å². The van der Waals surface area contributed by atoms with Crippen LogP contribution < -0.4 is 0 Å². The van der Waals surface area contributed by atoms with Gasteiger partial charge in [-0.2, -0.15) is 0 Å². The zero-order valence-corrected chi connectivity index (χ0v) is 11.2. The first-order chi connectivity index (χ1) is 9.97. The lowest BCUT2D eigenvalue weighted by molar-refractivity contribution is -0.384. The van der Waals surface area contributed by atoms with Gasteiger partial charge in [-0.1, -0.05) is 0 Å². The number of ether oxygens (including phenoxy) is 1. The van der Waals surface area contributed by atoms with Crippen molar-refractivity contribution < 1.29 is 24.7 Å². The van der Waals surface area contributed by atoms with E-state index in [-0.39, 0.29) is 18.8 Å². The molecule has 1 aromatic rings. The van der Waals surface area contributed by atoms with Crippen molar-refractivity contribution >= 4 is 11.8 Å². The highest BCUT2D eigenvalue weighted by Gasteiger charge is 2.29. The summed E-state index contributed by atoms with van der Waals surface area (Å²) in [6, 6.07) is 5.70. The number of carbonyl (C=O) groups excluding carboxylic acids is 1. The van der Waals surface area contributed by atoms with Crippen LogP contribution in [0.1, 0.15) is 12.0 Å². The maximum atomic E-state index is 11.8. The Hall–Kier alpha value is -2.19. The second-order valence-electron chi connectivity index (χ2n) is 4.85. The number of β-amino-alcohol motifs (C(OH)–C–C–N with tert-alkyl or cyclic N) is 1. The molecule has 1 aromatic carbocycles. The van der Waals surface area contributed by atoms with Crippen LogP contribution in [0.3, 0.4) is 0 Å². The summed E-state index contributed by atoms with van der Waals surface area (Å²) in [7, 11) is 0. The van der Waals surface area contributed by atoms with Crippen molar-refractivity contribution in [1.82, 2.24) is 4.90 Å². The molecule has 2 unspecified atom stereocenters. The number of nitrogens with zero attached hydrogens (tertiary/aromatic N) is 2. The monoisotopic (exact) mass is 296 g/mol. The van der Waals surface area contributed by atoms with Crippen molar-refractivity contribution in [3.8, 4) is 0 Å². The van der Waals surface area contributed by atoms with E-state index in [9.17, 15) is 25.1 Å². The van der Waals surface area contributed by atoms with Crippen LogP contribution in [0.5, 0.6) is 0 Å². The zero-order valence-electron chi connectivity index (χ0n) is 11.2. The third kappa shape index (κ3) is 3.89. The third-order valence-electron chi connectivity index (χ3n) is 3.31. The third-order valence-corrected chi connectivity index (χ3v) is 3.31. The molecule has 0 aliphatic carbocycles. The smallest absolute Gasteiger partial charge is 0.410 e. The lowest BCUT2D eigenvalue weighted by Gasteiger charge is -2.32. The summed E-state index contributed by atoms with van der Waals surface area (Å²) in [6.45, 7) is 0.337. The number of carbonyl (C=O) groups is 1. The highest BCUT2D eigenvalue weighted by atomic mass is 16.6. The molecule has 1 aliphatic rings. The molecule has 2 rings (SSSR count). The molecule has 0 aromatic heterocycles. The van der Waals surface area contributed by atoms with Gasteiger partial charge in [0.05, 0.1) is 23.7 Å². The average Bonchev–Trinajstić information content (AvgIpc) is 2.48. The molecule has 0 radical (unpaired) electrons. The van der Waals surface area contributed by atoms with Crippen LogP contribution in [-0.4, -0.2) is 51.4 Å². The Labute approximate surface area is 120 Å². The first-order valence-electron chi connectivity index (χ1n) is 6.48. The number of piperidine rings is 1. The predicted octanol–water partition coefficient (Wildman–Crippen LogP) is 0.659. The van der Waals surface area contributed by atoms with Crippen molar-refractivity contribution in [1.29, 1.82) is 0 Å². The number of nitro benzene ring substituents is 1. The predicted molar refractivity (Wildman–Crippen MR) is 71.5 cm³/mol. The molecule has 0 spiro atoms. The standard InChI is InChI=1S/C13H16N2O6/c16-11-5-6-14(7-12(11)17)13(18)21-8-9-1-3-10(4-2-9)15(19)20/h1-4,11-12,16-17H,5-8H2. The highest BCUT2D eigenvalue weighted by molar-refractivity contribution is 5.67. The Morgan fingerprint density at radius 2 is 2.00 bits per heavy atom. The molecular weight excluding hydrogens is 280 g/mol. The van der Waals surface area contributed by atoms with Gasteiger partial charge in [0.15, 0.2) is 0 Å². The molecule has 2 atom stereocenters. The molecular formula is C13H16N2O6. The summed E-state index contributed by atoms with van der Waals surface area (Å²) in [4.78, 5) is 23.1. The van der Waals surface area contributed by atoms with E-state index in [4.69, 9.17) is 4.74 Å². The van der Waals surface area contributed by atoms with Gasteiger partial charge in [0, 0.05) is 18.7 Å². The molecule has 2 N–H and O–H groups in total. The largest absolute Gasteiger partial charge is 0.445 e. The van der Waals surface area contributed by atoms with Gasteiger partial charge in [0.2, 0.25) is 0 Å². The fraction of sp³-hybridized carbons (Fsp3) is 0.462. The summed E-state index contributed by atoms with van der Waals surface area (Å²) in [5.74, 6) is 0. The lowest BCUT2D eigenvalue weighted by Crippen LogP contribution is -2.49. The molecule has 0 bridgehead atoms. The molecule has 1 fully saturated rings. The van der Waals surface area contributed by atoms with Crippen molar-refractivity contribution in [2.75, 3.05) is 13.1 Å². The average molecular weight is 296 g/mol. The minimum atomic E-state index is -0.967. The van der Waals surface area contributed by atoms with E-state index in [1.54, 1.807) is 0 Å². The van der Waals surface area contributed by atoms with Crippen molar-refractivity contribution in [2.24, 2.45) is 0 Å². The molecule has 8 nitrogen and oxygen atoms in total. The SMILES string of the molecule is O=C(OCc1ccc([N+](=O)[O-])cc1)N1CCC(O)C(O)C1. The van der Waals surface area contributed by atoms with Gasteiger partial charge in [-0.25, -0.2) is 4.79 Å². The first-order valence-corrected chi connectivity index (χ1v) is 6.48. The number of non-ortho nitro benzene ring substituents is 1. The molecule has 114 valence electrons. The molecule has 1 heterocycles. The fourth-order valence-electron chi connectivity index (χ4n) is 2.04. The quantitative estimate of drug-likeness (QED) is 0.625. The molecule has 1 saturated heterocycles. The van der Waals surface area contributed by atoms with E-state index in [0.29, 0.717) is 18.5 Å². The first kappa shape index (κ1) is 15.2. The number of rotatable bonds is 3. The Kier molecular flexibility index (Phi) is 4.71. The minimum Gasteiger partial charge on any atom is -0.445 e. The van der Waals surface area contributed by atoms with Gasteiger partial charge in [0.1, 0.15) is 6.61 Å². The zero-order chi connectivity index (χ0) is 15.4. The van der Waals surface area contributed by atoms with E-state index >= 15 is 0 Å². The number of aliphatic hydroxyl groups is 2. The van der Waals surface area contributed by atoms with Crippen LogP contribution in [0.4, 0.5) is 10.5 Å². The second-order valence-corrected chi connectivity index (χ2v) is 4.85. The summed E-state index contributed by atoms with van der Waals surface area (Å²) in [6.07, 6.45) is -2.07. The van der Waals surface area contributed by atoms with Crippen molar-refractivity contribution in [3.05, 3.63) is 39.9 Å². The maximum absolute atomic E-state index is 11.8. The maximum Gasteiger partial charge on any atom is 0.410 e. The van der Waals surface area contributed by atoms with E-state index in [1.165, 1.54) is 29.2 Å².